The van der Waals surface area contributed by atoms with Crippen LogP contribution in [0.25, 0.3) is 0 Å². The maximum absolute atomic E-state index is 12.5. The summed E-state index contributed by atoms with van der Waals surface area (Å²) in [6.07, 6.45) is 0. The molecular weight excluding hydrogens is 262 g/mol. The van der Waals surface area contributed by atoms with Crippen LogP contribution in [0.15, 0.2) is 23.1 Å². The predicted octanol–water partition coefficient (Wildman–Crippen LogP) is 0.390. The maximum Gasteiger partial charge on any atom is 0.243 e. The molecule has 2 N–H and O–H groups in total. The summed E-state index contributed by atoms with van der Waals surface area (Å²) in [7, 11) is -1.36. The zero-order valence-corrected chi connectivity index (χ0v) is 12.3. The van der Waals surface area contributed by atoms with Crippen molar-refractivity contribution in [1.29, 1.82) is 0 Å². The lowest BCUT2D eigenvalue weighted by atomic mass is 10.1. The van der Waals surface area contributed by atoms with Crippen molar-refractivity contribution in [3.63, 3.8) is 0 Å². The van der Waals surface area contributed by atoms with Gasteiger partial charge in [0.25, 0.3) is 0 Å². The smallest absolute Gasteiger partial charge is 0.243 e. The molecule has 0 saturated carbocycles. The van der Waals surface area contributed by atoms with E-state index < -0.39 is 10.0 Å². The van der Waals surface area contributed by atoms with Gasteiger partial charge in [-0.15, -0.1) is 0 Å². The van der Waals surface area contributed by atoms with Crippen LogP contribution in [0.5, 0.6) is 0 Å². The molecule has 5 nitrogen and oxygen atoms in total. The Morgan fingerprint density at radius 1 is 1.21 bits per heavy atom. The van der Waals surface area contributed by atoms with Crippen LogP contribution in [0.4, 0.5) is 0 Å². The second-order valence-electron chi connectivity index (χ2n) is 5.00. The van der Waals surface area contributed by atoms with Crippen molar-refractivity contribution in [2.75, 3.05) is 33.2 Å². The molecule has 106 valence electrons. The van der Waals surface area contributed by atoms with E-state index in [1.54, 1.807) is 22.5 Å². The number of nitrogens with zero attached hydrogens (tertiary/aromatic N) is 2. The molecule has 0 amide bonds. The van der Waals surface area contributed by atoms with Crippen molar-refractivity contribution >= 4 is 10.0 Å². The molecule has 1 saturated heterocycles. The van der Waals surface area contributed by atoms with E-state index in [1.807, 2.05) is 14.0 Å². The summed E-state index contributed by atoms with van der Waals surface area (Å²) >= 11 is 0. The average molecular weight is 283 g/mol. The third kappa shape index (κ3) is 2.97. The molecule has 1 heterocycles. The third-order valence-electron chi connectivity index (χ3n) is 3.63. The standard InChI is InChI=1S/C13H21N3O2S/c1-11-9-13(4-3-12(11)10-14)19(17,18)16-7-5-15(2)6-8-16/h3-4,9H,5-8,10,14H2,1-2H3. The van der Waals surface area contributed by atoms with E-state index in [0.717, 1.165) is 24.2 Å². The van der Waals surface area contributed by atoms with Gasteiger partial charge < -0.3 is 10.6 Å². The Hall–Kier alpha value is -0.950. The Morgan fingerprint density at radius 2 is 1.84 bits per heavy atom. The van der Waals surface area contributed by atoms with E-state index in [4.69, 9.17) is 5.73 Å². The summed E-state index contributed by atoms with van der Waals surface area (Å²) in [6, 6.07) is 5.18. The van der Waals surface area contributed by atoms with E-state index in [2.05, 4.69) is 4.90 Å². The fraction of sp³-hybridized carbons (Fsp3) is 0.538. The van der Waals surface area contributed by atoms with Crippen LogP contribution in [0, 0.1) is 6.92 Å². The highest BCUT2D eigenvalue weighted by atomic mass is 32.2. The number of benzene rings is 1. The lowest BCUT2D eigenvalue weighted by Crippen LogP contribution is -2.47. The average Bonchev–Trinajstić information content (AvgIpc) is 2.39. The second kappa shape index (κ2) is 5.58. The number of hydrogen-bond acceptors (Lipinski definition) is 4. The van der Waals surface area contributed by atoms with Crippen molar-refractivity contribution in [3.05, 3.63) is 29.3 Å². The Labute approximate surface area is 115 Å². The minimum atomic E-state index is -3.37. The first-order valence-corrected chi connectivity index (χ1v) is 7.87. The summed E-state index contributed by atoms with van der Waals surface area (Å²) in [5, 5.41) is 0. The Bertz CT molecular complexity index is 549. The number of nitrogens with two attached hydrogens (primary N) is 1. The highest BCUT2D eigenvalue weighted by Gasteiger charge is 2.27. The minimum Gasteiger partial charge on any atom is -0.326 e. The summed E-state index contributed by atoms with van der Waals surface area (Å²) in [4.78, 5) is 2.50. The quantitative estimate of drug-likeness (QED) is 0.871. The second-order valence-corrected chi connectivity index (χ2v) is 6.94. The SMILES string of the molecule is Cc1cc(S(=O)(=O)N2CCN(C)CC2)ccc1CN. The van der Waals surface area contributed by atoms with Crippen LogP contribution < -0.4 is 5.73 Å². The molecule has 0 radical (unpaired) electrons. The number of rotatable bonds is 3. The van der Waals surface area contributed by atoms with Gasteiger partial charge in [0.05, 0.1) is 4.90 Å². The monoisotopic (exact) mass is 283 g/mol. The normalized spacial score (nSPS) is 18.7. The fourth-order valence-corrected chi connectivity index (χ4v) is 3.74. The lowest BCUT2D eigenvalue weighted by Gasteiger charge is -2.31. The van der Waals surface area contributed by atoms with E-state index in [9.17, 15) is 8.42 Å². The molecule has 1 fully saturated rings. The fourth-order valence-electron chi connectivity index (χ4n) is 2.24. The zero-order valence-electron chi connectivity index (χ0n) is 11.5. The van der Waals surface area contributed by atoms with Gasteiger partial charge in [0.2, 0.25) is 10.0 Å². The summed E-state index contributed by atoms with van der Waals surface area (Å²) in [5.41, 5.74) is 7.51. The number of aryl methyl sites for hydroxylation is 1. The summed E-state index contributed by atoms with van der Waals surface area (Å²) in [6.45, 7) is 4.98. The molecule has 0 unspecified atom stereocenters. The van der Waals surface area contributed by atoms with Gasteiger partial charge in [-0.2, -0.15) is 4.31 Å². The number of sulfonamides is 1. The lowest BCUT2D eigenvalue weighted by molar-refractivity contribution is 0.222. The van der Waals surface area contributed by atoms with Gasteiger partial charge in [0.15, 0.2) is 0 Å². The van der Waals surface area contributed by atoms with Gasteiger partial charge in [0, 0.05) is 32.7 Å². The molecule has 1 aromatic carbocycles. The first-order valence-electron chi connectivity index (χ1n) is 6.43. The minimum absolute atomic E-state index is 0.367. The number of hydrogen-bond donors (Lipinski definition) is 1. The molecule has 1 aliphatic heterocycles. The van der Waals surface area contributed by atoms with Crippen LogP contribution in [-0.4, -0.2) is 50.8 Å². The van der Waals surface area contributed by atoms with Crippen molar-refractivity contribution in [3.8, 4) is 0 Å². The van der Waals surface area contributed by atoms with E-state index in [-0.39, 0.29) is 0 Å². The van der Waals surface area contributed by atoms with Gasteiger partial charge >= 0.3 is 0 Å². The molecule has 0 bridgehead atoms. The Kier molecular flexibility index (Phi) is 4.25. The van der Waals surface area contributed by atoms with Gasteiger partial charge in [0.1, 0.15) is 0 Å². The molecule has 0 aliphatic carbocycles. The predicted molar refractivity (Wildman–Crippen MR) is 75.3 cm³/mol. The Balaban J connectivity index is 2.27. The van der Waals surface area contributed by atoms with Crippen molar-refractivity contribution in [1.82, 2.24) is 9.21 Å². The van der Waals surface area contributed by atoms with Gasteiger partial charge in [-0.25, -0.2) is 8.42 Å². The van der Waals surface area contributed by atoms with Crippen molar-refractivity contribution in [2.24, 2.45) is 5.73 Å². The third-order valence-corrected chi connectivity index (χ3v) is 5.53. The molecule has 19 heavy (non-hydrogen) atoms. The van der Waals surface area contributed by atoms with Crippen LogP contribution in [0.3, 0.4) is 0 Å². The molecule has 1 aromatic rings. The number of piperazine rings is 1. The van der Waals surface area contributed by atoms with Crippen LogP contribution in [0.1, 0.15) is 11.1 Å². The van der Waals surface area contributed by atoms with Crippen LogP contribution >= 0.6 is 0 Å². The van der Waals surface area contributed by atoms with E-state index in [1.165, 1.54) is 0 Å². The molecule has 6 heteroatoms. The number of likely N-dealkylation sites (N-methyl/N-ethyl adjacent to an activating group) is 1. The molecule has 0 atom stereocenters. The topological polar surface area (TPSA) is 66.6 Å². The van der Waals surface area contributed by atoms with Crippen molar-refractivity contribution < 1.29 is 8.42 Å². The Morgan fingerprint density at radius 3 is 2.37 bits per heavy atom. The molecule has 2 rings (SSSR count). The van der Waals surface area contributed by atoms with Crippen LogP contribution in [0.2, 0.25) is 0 Å². The highest BCUT2D eigenvalue weighted by molar-refractivity contribution is 7.89. The first-order chi connectivity index (χ1) is 8.95. The maximum atomic E-state index is 12.5. The van der Waals surface area contributed by atoms with E-state index >= 15 is 0 Å². The van der Waals surface area contributed by atoms with Crippen LogP contribution in [-0.2, 0) is 16.6 Å². The van der Waals surface area contributed by atoms with E-state index in [0.29, 0.717) is 24.5 Å². The molecule has 1 aliphatic rings. The largest absolute Gasteiger partial charge is 0.326 e. The first kappa shape index (κ1) is 14.5. The zero-order chi connectivity index (χ0) is 14.0. The van der Waals surface area contributed by atoms with Gasteiger partial charge in [-0.3, -0.25) is 0 Å². The van der Waals surface area contributed by atoms with Gasteiger partial charge in [-0.05, 0) is 37.2 Å². The molecular formula is C13H21N3O2S. The van der Waals surface area contributed by atoms with Crippen molar-refractivity contribution in [2.45, 2.75) is 18.4 Å². The molecule has 0 aromatic heterocycles. The highest BCUT2D eigenvalue weighted by Crippen LogP contribution is 2.20. The summed E-state index contributed by atoms with van der Waals surface area (Å²) < 4.78 is 26.6. The summed E-state index contributed by atoms with van der Waals surface area (Å²) in [5.74, 6) is 0. The van der Waals surface area contributed by atoms with Gasteiger partial charge in [-0.1, -0.05) is 6.07 Å². The molecule has 0 spiro atoms.